The Labute approximate surface area is 110 Å². The number of hydrogen-bond acceptors (Lipinski definition) is 2. The quantitative estimate of drug-likeness (QED) is 0.759. The highest BCUT2D eigenvalue weighted by atomic mass is 79.9. The van der Waals surface area contributed by atoms with Crippen LogP contribution in [0.3, 0.4) is 0 Å². The summed E-state index contributed by atoms with van der Waals surface area (Å²) < 4.78 is 1.15. The lowest BCUT2D eigenvalue weighted by Crippen LogP contribution is -1.94. The first-order valence-electron chi connectivity index (χ1n) is 5.37. The van der Waals surface area contributed by atoms with E-state index in [-0.39, 0.29) is 0 Å². The van der Waals surface area contributed by atoms with Gasteiger partial charge in [-0.1, -0.05) is 47.8 Å². The topological polar surface area (TPSA) is 25.8 Å². The predicted molar refractivity (Wildman–Crippen MR) is 72.8 cm³/mol. The van der Waals surface area contributed by atoms with E-state index in [1.165, 1.54) is 12.7 Å². The Bertz CT molecular complexity index is 391. The molecule has 0 aliphatic heterocycles. The fourth-order valence-electron chi connectivity index (χ4n) is 1.27. The summed E-state index contributed by atoms with van der Waals surface area (Å²) in [5.74, 6) is 0.670. The lowest BCUT2D eigenvalue weighted by Gasteiger charge is -2.07. The van der Waals surface area contributed by atoms with Crippen LogP contribution in [0.5, 0.6) is 0 Å². The molecule has 0 spiro atoms. The van der Waals surface area contributed by atoms with Crippen LogP contribution in [-0.4, -0.2) is 9.97 Å². The van der Waals surface area contributed by atoms with Crippen molar-refractivity contribution >= 4 is 33.6 Å². The predicted octanol–water partition coefficient (Wildman–Crippen LogP) is 4.61. The minimum absolute atomic E-state index is 0.519. The zero-order valence-corrected chi connectivity index (χ0v) is 12.1. The molecule has 88 valence electrons. The van der Waals surface area contributed by atoms with Gasteiger partial charge in [0.25, 0.3) is 0 Å². The molecule has 1 aromatic rings. The van der Waals surface area contributed by atoms with Crippen molar-refractivity contribution < 1.29 is 0 Å². The lowest BCUT2D eigenvalue weighted by molar-refractivity contribution is 0.570. The molecule has 0 saturated carbocycles. The van der Waals surface area contributed by atoms with Gasteiger partial charge in [-0.2, -0.15) is 0 Å². The van der Waals surface area contributed by atoms with Gasteiger partial charge in [-0.05, 0) is 29.8 Å². The molecule has 0 bridgehead atoms. The number of hydrogen-bond donors (Lipinski definition) is 0. The molecule has 1 rings (SSSR count). The molecule has 2 nitrogen and oxygen atoms in total. The maximum absolute atomic E-state index is 5.93. The van der Waals surface area contributed by atoms with Crippen LogP contribution in [0.2, 0.25) is 5.15 Å². The van der Waals surface area contributed by atoms with Gasteiger partial charge in [-0.3, -0.25) is 0 Å². The maximum atomic E-state index is 5.93. The summed E-state index contributed by atoms with van der Waals surface area (Å²) in [6, 6.07) is 0. The smallest absolute Gasteiger partial charge is 0.135 e. The Morgan fingerprint density at radius 3 is 2.88 bits per heavy atom. The first-order valence-corrected chi connectivity index (χ1v) is 6.54. The van der Waals surface area contributed by atoms with E-state index in [4.69, 9.17) is 11.6 Å². The van der Waals surface area contributed by atoms with Crippen molar-refractivity contribution in [1.29, 1.82) is 0 Å². The van der Waals surface area contributed by atoms with E-state index in [0.717, 1.165) is 22.2 Å². The molecule has 1 aromatic heterocycles. The molecule has 0 radical (unpaired) electrons. The highest BCUT2D eigenvalue weighted by molar-refractivity contribution is 9.11. The van der Waals surface area contributed by atoms with Crippen LogP contribution in [0.1, 0.15) is 37.9 Å². The van der Waals surface area contributed by atoms with Crippen LogP contribution in [-0.2, 0) is 0 Å². The van der Waals surface area contributed by atoms with E-state index in [1.54, 1.807) is 0 Å². The second-order valence-corrected chi connectivity index (χ2v) is 5.36. The Hall–Kier alpha value is -0.410. The SMILES string of the molecule is CCC(C)C/C(Br)=C\c1ncnc(Cl)c1C. The molecule has 0 N–H and O–H groups in total. The van der Waals surface area contributed by atoms with Gasteiger partial charge in [-0.15, -0.1) is 0 Å². The van der Waals surface area contributed by atoms with Crippen LogP contribution < -0.4 is 0 Å². The van der Waals surface area contributed by atoms with Crippen molar-refractivity contribution in [1.82, 2.24) is 9.97 Å². The number of allylic oxidation sites excluding steroid dienone is 1. The molecule has 0 aliphatic carbocycles. The summed E-state index contributed by atoms with van der Waals surface area (Å²) >= 11 is 9.51. The molecule has 0 fully saturated rings. The molecule has 16 heavy (non-hydrogen) atoms. The monoisotopic (exact) mass is 302 g/mol. The highest BCUT2D eigenvalue weighted by Gasteiger charge is 2.05. The van der Waals surface area contributed by atoms with Gasteiger partial charge in [0.05, 0.1) is 5.69 Å². The fraction of sp³-hybridized carbons (Fsp3) is 0.500. The van der Waals surface area contributed by atoms with Gasteiger partial charge < -0.3 is 0 Å². The van der Waals surface area contributed by atoms with Crippen molar-refractivity contribution in [2.75, 3.05) is 0 Å². The molecule has 1 heterocycles. The van der Waals surface area contributed by atoms with E-state index >= 15 is 0 Å². The largest absolute Gasteiger partial charge is 0.237 e. The third-order valence-electron chi connectivity index (χ3n) is 2.60. The summed E-state index contributed by atoms with van der Waals surface area (Å²) in [7, 11) is 0. The average molecular weight is 304 g/mol. The standard InChI is InChI=1S/C12H16BrClN2/c1-4-8(2)5-10(13)6-11-9(3)12(14)16-7-15-11/h6-8H,4-5H2,1-3H3/b10-6+. The Morgan fingerprint density at radius 1 is 1.56 bits per heavy atom. The van der Waals surface area contributed by atoms with Crippen LogP contribution in [0.15, 0.2) is 10.8 Å². The molecule has 0 aromatic carbocycles. The minimum atomic E-state index is 0.519. The van der Waals surface area contributed by atoms with Crippen molar-refractivity contribution in [2.24, 2.45) is 5.92 Å². The molecule has 0 saturated heterocycles. The molecule has 0 amide bonds. The van der Waals surface area contributed by atoms with Gasteiger partial charge in [0.15, 0.2) is 0 Å². The normalized spacial score (nSPS) is 13.9. The summed E-state index contributed by atoms with van der Waals surface area (Å²) in [4.78, 5) is 8.14. The summed E-state index contributed by atoms with van der Waals surface area (Å²) in [6.45, 7) is 6.35. The summed E-state index contributed by atoms with van der Waals surface area (Å²) in [5.41, 5.74) is 1.81. The molecular formula is C12H16BrClN2. The van der Waals surface area contributed by atoms with Crippen molar-refractivity contribution in [3.05, 3.63) is 27.2 Å². The molecule has 4 heteroatoms. The van der Waals surface area contributed by atoms with Crippen LogP contribution in [0.25, 0.3) is 6.08 Å². The first-order chi connectivity index (χ1) is 7.54. The van der Waals surface area contributed by atoms with E-state index < -0.39 is 0 Å². The number of nitrogens with zero attached hydrogens (tertiary/aromatic N) is 2. The average Bonchev–Trinajstić information content (AvgIpc) is 2.24. The second-order valence-electron chi connectivity index (χ2n) is 3.98. The second kappa shape index (κ2) is 6.36. The highest BCUT2D eigenvalue weighted by Crippen LogP contribution is 2.24. The molecular weight excluding hydrogens is 288 g/mol. The van der Waals surface area contributed by atoms with Gasteiger partial charge in [0.1, 0.15) is 11.5 Å². The Kier molecular flexibility index (Phi) is 5.42. The van der Waals surface area contributed by atoms with Crippen molar-refractivity contribution in [3.63, 3.8) is 0 Å². The van der Waals surface area contributed by atoms with Crippen LogP contribution in [0, 0.1) is 12.8 Å². The van der Waals surface area contributed by atoms with E-state index in [9.17, 15) is 0 Å². The van der Waals surface area contributed by atoms with E-state index in [1.807, 2.05) is 13.0 Å². The van der Waals surface area contributed by atoms with Crippen LogP contribution in [0.4, 0.5) is 0 Å². The molecule has 0 aliphatic rings. The van der Waals surface area contributed by atoms with Crippen molar-refractivity contribution in [3.8, 4) is 0 Å². The number of rotatable bonds is 4. The van der Waals surface area contributed by atoms with Gasteiger partial charge >= 0.3 is 0 Å². The van der Waals surface area contributed by atoms with E-state index in [2.05, 4.69) is 39.7 Å². The zero-order chi connectivity index (χ0) is 12.1. The summed E-state index contributed by atoms with van der Waals surface area (Å²) in [5, 5.41) is 0.519. The number of halogens is 2. The van der Waals surface area contributed by atoms with Crippen molar-refractivity contribution in [2.45, 2.75) is 33.6 Å². The van der Waals surface area contributed by atoms with Gasteiger partial charge in [-0.25, -0.2) is 9.97 Å². The first kappa shape index (κ1) is 13.7. The Morgan fingerprint density at radius 2 is 2.25 bits per heavy atom. The molecule has 1 unspecified atom stereocenters. The molecule has 1 atom stereocenters. The lowest BCUT2D eigenvalue weighted by atomic mass is 10.0. The third-order valence-corrected chi connectivity index (χ3v) is 3.53. The maximum Gasteiger partial charge on any atom is 0.135 e. The van der Waals surface area contributed by atoms with Gasteiger partial charge in [0.2, 0.25) is 0 Å². The van der Waals surface area contributed by atoms with Crippen LogP contribution >= 0.6 is 27.5 Å². The van der Waals surface area contributed by atoms with E-state index in [0.29, 0.717) is 11.1 Å². The minimum Gasteiger partial charge on any atom is -0.237 e. The van der Waals surface area contributed by atoms with Gasteiger partial charge in [0, 0.05) is 5.56 Å². The zero-order valence-electron chi connectivity index (χ0n) is 9.80. The summed E-state index contributed by atoms with van der Waals surface area (Å²) in [6.07, 6.45) is 5.71. The third kappa shape index (κ3) is 3.87. The number of aromatic nitrogens is 2. The Balaban J connectivity index is 2.86. The fourth-order valence-corrected chi connectivity index (χ4v) is 2.18.